The fourth-order valence-corrected chi connectivity index (χ4v) is 2.02. The van der Waals surface area contributed by atoms with Crippen LogP contribution in [0.25, 0.3) is 11.0 Å². The molecule has 20 heavy (non-hydrogen) atoms. The number of likely N-dealkylation sites (N-methyl/N-ethyl adjacent to an activating group) is 1. The van der Waals surface area contributed by atoms with Crippen molar-refractivity contribution in [3.05, 3.63) is 30.6 Å². The van der Waals surface area contributed by atoms with Gasteiger partial charge in [-0.05, 0) is 12.1 Å². The molecule has 0 aliphatic carbocycles. The molecule has 1 N–H and O–H groups in total. The number of rotatable bonds is 4. The number of sulfonamides is 1. The van der Waals surface area contributed by atoms with Gasteiger partial charge in [-0.1, -0.05) is 12.1 Å². The smallest absolute Gasteiger partial charge is 0.290 e. The van der Waals surface area contributed by atoms with Crippen molar-refractivity contribution in [1.29, 1.82) is 0 Å². The van der Waals surface area contributed by atoms with Crippen molar-refractivity contribution in [3.63, 3.8) is 0 Å². The van der Waals surface area contributed by atoms with Gasteiger partial charge < -0.3 is 9.67 Å². The van der Waals surface area contributed by atoms with Crippen molar-refractivity contribution in [2.45, 2.75) is 6.54 Å². The Morgan fingerprint density at radius 2 is 2.00 bits per heavy atom. The number of aromatic nitrogens is 2. The van der Waals surface area contributed by atoms with Crippen LogP contribution in [0.5, 0.6) is 0 Å². The summed E-state index contributed by atoms with van der Waals surface area (Å²) in [5, 5.41) is 6.89. The second-order valence-electron chi connectivity index (χ2n) is 4.12. The Hall–Kier alpha value is -1.93. The minimum absolute atomic E-state index is 0.250. The van der Waals surface area contributed by atoms with Crippen molar-refractivity contribution < 1.29 is 18.3 Å². The summed E-state index contributed by atoms with van der Waals surface area (Å²) in [4.78, 5) is 12.6. The second kappa shape index (κ2) is 7.01. The van der Waals surface area contributed by atoms with Gasteiger partial charge in [0.15, 0.2) is 0 Å². The van der Waals surface area contributed by atoms with E-state index in [0.29, 0.717) is 13.1 Å². The van der Waals surface area contributed by atoms with Crippen molar-refractivity contribution in [1.82, 2.24) is 13.9 Å². The molecule has 1 aromatic heterocycles. The van der Waals surface area contributed by atoms with Crippen LogP contribution < -0.4 is 0 Å². The van der Waals surface area contributed by atoms with Crippen LogP contribution in [0, 0.1) is 0 Å². The molecular formula is C12H17N3O4S. The molecule has 1 aromatic carbocycles. The molecule has 0 aliphatic rings. The molecule has 0 radical (unpaired) electrons. The third-order valence-corrected chi connectivity index (χ3v) is 4.06. The van der Waals surface area contributed by atoms with E-state index < -0.39 is 10.0 Å². The summed E-state index contributed by atoms with van der Waals surface area (Å²) in [7, 11) is -1.53. The Morgan fingerprint density at radius 1 is 1.40 bits per heavy atom. The standard InChI is InChI=1S/C11H15N3O2S.CH2O2/c1-13(17(2,15)16)7-8-14-9-12-10-5-3-4-6-11(10)14;2-1-3/h3-6,9H,7-8H2,1-2H3;1H,(H,2,3). The van der Waals surface area contributed by atoms with Gasteiger partial charge in [0.25, 0.3) is 6.47 Å². The minimum atomic E-state index is -3.11. The summed E-state index contributed by atoms with van der Waals surface area (Å²) in [5.41, 5.74) is 1.95. The Kier molecular flexibility index (Phi) is 5.66. The maximum absolute atomic E-state index is 11.3. The summed E-state index contributed by atoms with van der Waals surface area (Å²) in [5.74, 6) is 0. The lowest BCUT2D eigenvalue weighted by atomic mass is 10.3. The minimum Gasteiger partial charge on any atom is -0.483 e. The topological polar surface area (TPSA) is 92.5 Å². The van der Waals surface area contributed by atoms with Gasteiger partial charge in [-0.3, -0.25) is 4.79 Å². The molecule has 0 saturated carbocycles. The molecule has 110 valence electrons. The molecule has 0 unspecified atom stereocenters. The fourth-order valence-electron chi connectivity index (χ4n) is 1.60. The number of benzene rings is 1. The summed E-state index contributed by atoms with van der Waals surface area (Å²) < 4.78 is 25.8. The third kappa shape index (κ3) is 4.32. The normalized spacial score (nSPS) is 11.2. The molecule has 0 fully saturated rings. The maximum atomic E-state index is 11.3. The molecular weight excluding hydrogens is 282 g/mol. The zero-order valence-electron chi connectivity index (χ0n) is 11.3. The maximum Gasteiger partial charge on any atom is 0.290 e. The molecule has 7 nitrogen and oxygen atoms in total. The van der Waals surface area contributed by atoms with E-state index in [-0.39, 0.29) is 6.47 Å². The first kappa shape index (κ1) is 16.1. The van der Waals surface area contributed by atoms with Gasteiger partial charge in [-0.2, -0.15) is 0 Å². The SMILES string of the molecule is CN(CCn1cnc2ccccc21)S(C)(=O)=O.O=CO. The number of hydrogen-bond acceptors (Lipinski definition) is 4. The predicted molar refractivity (Wildman–Crippen MR) is 75.9 cm³/mol. The lowest BCUT2D eigenvalue weighted by molar-refractivity contribution is -0.122. The summed E-state index contributed by atoms with van der Waals surface area (Å²) in [6.45, 7) is 0.795. The average molecular weight is 299 g/mol. The van der Waals surface area contributed by atoms with Crippen molar-refractivity contribution >= 4 is 27.5 Å². The molecule has 0 atom stereocenters. The van der Waals surface area contributed by atoms with Gasteiger partial charge in [0.1, 0.15) is 0 Å². The molecule has 0 aliphatic heterocycles. The molecule has 0 spiro atoms. The quantitative estimate of drug-likeness (QED) is 0.836. The summed E-state index contributed by atoms with van der Waals surface area (Å²) in [6, 6.07) is 7.79. The van der Waals surface area contributed by atoms with Crippen molar-refractivity contribution in [2.24, 2.45) is 0 Å². The molecule has 0 bridgehead atoms. The van der Waals surface area contributed by atoms with Crippen LogP contribution in [-0.4, -0.2) is 53.7 Å². The van der Waals surface area contributed by atoms with Crippen LogP contribution >= 0.6 is 0 Å². The Bertz CT molecular complexity index is 666. The number of imidazole rings is 1. The van der Waals surface area contributed by atoms with E-state index in [0.717, 1.165) is 11.0 Å². The largest absolute Gasteiger partial charge is 0.483 e. The van der Waals surface area contributed by atoms with Gasteiger partial charge in [0.05, 0.1) is 23.6 Å². The summed E-state index contributed by atoms with van der Waals surface area (Å²) in [6.07, 6.45) is 2.94. The number of nitrogens with zero attached hydrogens (tertiary/aromatic N) is 3. The van der Waals surface area contributed by atoms with E-state index in [2.05, 4.69) is 4.98 Å². The highest BCUT2D eigenvalue weighted by molar-refractivity contribution is 7.88. The molecule has 2 rings (SSSR count). The van der Waals surface area contributed by atoms with E-state index in [1.165, 1.54) is 10.6 Å². The van der Waals surface area contributed by atoms with Crippen LogP contribution in [0.4, 0.5) is 0 Å². The van der Waals surface area contributed by atoms with Crippen LogP contribution in [0.3, 0.4) is 0 Å². The van der Waals surface area contributed by atoms with Gasteiger partial charge in [0, 0.05) is 20.1 Å². The fraction of sp³-hybridized carbons (Fsp3) is 0.333. The van der Waals surface area contributed by atoms with Gasteiger partial charge in [-0.15, -0.1) is 0 Å². The molecule has 2 aromatic rings. The first-order chi connectivity index (χ1) is 9.40. The highest BCUT2D eigenvalue weighted by Gasteiger charge is 2.10. The Labute approximate surface area is 117 Å². The first-order valence-electron chi connectivity index (χ1n) is 5.79. The van der Waals surface area contributed by atoms with E-state index in [1.54, 1.807) is 13.4 Å². The Morgan fingerprint density at radius 3 is 2.60 bits per heavy atom. The number of carboxylic acid groups (broad SMARTS) is 1. The van der Waals surface area contributed by atoms with Crippen molar-refractivity contribution in [3.8, 4) is 0 Å². The van der Waals surface area contributed by atoms with E-state index in [9.17, 15) is 8.42 Å². The second-order valence-corrected chi connectivity index (χ2v) is 6.21. The number of fused-ring (bicyclic) bond motifs is 1. The Balaban J connectivity index is 0.000000612. The van der Waals surface area contributed by atoms with Crippen LogP contribution in [-0.2, 0) is 21.4 Å². The van der Waals surface area contributed by atoms with Crippen molar-refractivity contribution in [2.75, 3.05) is 19.8 Å². The third-order valence-electron chi connectivity index (χ3n) is 2.75. The molecule has 8 heteroatoms. The summed E-state index contributed by atoms with van der Waals surface area (Å²) >= 11 is 0. The van der Waals surface area contributed by atoms with Crippen LogP contribution in [0.1, 0.15) is 0 Å². The number of hydrogen-bond donors (Lipinski definition) is 1. The molecule has 1 heterocycles. The molecule has 0 saturated heterocycles. The number of para-hydroxylation sites is 2. The lowest BCUT2D eigenvalue weighted by Gasteiger charge is -2.14. The zero-order chi connectivity index (χ0) is 15.2. The highest BCUT2D eigenvalue weighted by atomic mass is 32.2. The first-order valence-corrected chi connectivity index (χ1v) is 7.64. The average Bonchev–Trinajstić information content (AvgIpc) is 2.79. The molecule has 0 amide bonds. The van der Waals surface area contributed by atoms with E-state index >= 15 is 0 Å². The predicted octanol–water partition coefficient (Wildman–Crippen LogP) is 0.629. The lowest BCUT2D eigenvalue weighted by Crippen LogP contribution is -2.28. The van der Waals surface area contributed by atoms with Gasteiger partial charge in [0.2, 0.25) is 10.0 Å². The number of carbonyl (C=O) groups is 1. The van der Waals surface area contributed by atoms with Crippen LogP contribution in [0.15, 0.2) is 30.6 Å². The van der Waals surface area contributed by atoms with Gasteiger partial charge >= 0.3 is 0 Å². The van der Waals surface area contributed by atoms with E-state index in [1.807, 2.05) is 28.8 Å². The van der Waals surface area contributed by atoms with Crippen LogP contribution in [0.2, 0.25) is 0 Å². The van der Waals surface area contributed by atoms with E-state index in [4.69, 9.17) is 9.90 Å². The highest BCUT2D eigenvalue weighted by Crippen LogP contribution is 2.11. The monoisotopic (exact) mass is 299 g/mol. The zero-order valence-corrected chi connectivity index (χ0v) is 12.1. The van der Waals surface area contributed by atoms with Gasteiger partial charge in [-0.25, -0.2) is 17.7 Å².